The predicted molar refractivity (Wildman–Crippen MR) is 88.3 cm³/mol. The minimum atomic E-state index is -0.0695. The van der Waals surface area contributed by atoms with Crippen LogP contribution in [0, 0.1) is 0 Å². The molecule has 0 spiro atoms. The molecule has 1 aromatic rings. The lowest BCUT2D eigenvalue weighted by atomic mass is 10.0. The van der Waals surface area contributed by atoms with Crippen LogP contribution in [-0.4, -0.2) is 56.1 Å². The maximum absolute atomic E-state index is 12.1. The monoisotopic (exact) mass is 321 g/mol. The number of thioether (sulfide) groups is 1. The largest absolute Gasteiger partial charge is 0.379 e. The van der Waals surface area contributed by atoms with Crippen LogP contribution < -0.4 is 10.6 Å². The SMILES string of the molecule is O=C(NCCN1CCOCC1)NC1CCSc2ccccc21. The number of urea groups is 1. The van der Waals surface area contributed by atoms with Gasteiger partial charge >= 0.3 is 6.03 Å². The Balaban J connectivity index is 1.44. The topological polar surface area (TPSA) is 53.6 Å². The first-order valence-corrected chi connectivity index (χ1v) is 8.88. The van der Waals surface area contributed by atoms with E-state index in [0.29, 0.717) is 6.54 Å². The molecule has 1 aromatic carbocycles. The van der Waals surface area contributed by atoms with Crippen LogP contribution in [0.3, 0.4) is 0 Å². The Kier molecular flexibility index (Phi) is 5.58. The molecule has 0 saturated carbocycles. The average Bonchev–Trinajstić information content (AvgIpc) is 2.56. The lowest BCUT2D eigenvalue weighted by molar-refractivity contribution is 0.0387. The smallest absolute Gasteiger partial charge is 0.315 e. The number of carbonyl (C=O) groups is 1. The number of hydrogen-bond acceptors (Lipinski definition) is 4. The first-order valence-electron chi connectivity index (χ1n) is 7.89. The maximum Gasteiger partial charge on any atom is 0.315 e. The third-order valence-electron chi connectivity index (χ3n) is 4.08. The van der Waals surface area contributed by atoms with Crippen molar-refractivity contribution in [3.8, 4) is 0 Å². The van der Waals surface area contributed by atoms with Crippen LogP contribution in [0.2, 0.25) is 0 Å². The molecule has 0 aliphatic carbocycles. The summed E-state index contributed by atoms with van der Waals surface area (Å²) >= 11 is 1.87. The van der Waals surface area contributed by atoms with Gasteiger partial charge in [-0.05, 0) is 18.1 Å². The van der Waals surface area contributed by atoms with E-state index in [0.717, 1.165) is 45.0 Å². The van der Waals surface area contributed by atoms with Crippen LogP contribution in [0.5, 0.6) is 0 Å². The molecule has 1 atom stereocenters. The normalized spacial score (nSPS) is 21.9. The summed E-state index contributed by atoms with van der Waals surface area (Å²) in [4.78, 5) is 15.7. The molecule has 3 rings (SSSR count). The van der Waals surface area contributed by atoms with Gasteiger partial charge in [0.1, 0.15) is 0 Å². The van der Waals surface area contributed by atoms with Crippen LogP contribution in [0.1, 0.15) is 18.0 Å². The summed E-state index contributed by atoms with van der Waals surface area (Å²) in [6, 6.07) is 8.39. The number of morpholine rings is 1. The molecule has 1 fully saturated rings. The molecule has 2 aliphatic heterocycles. The van der Waals surface area contributed by atoms with Crippen LogP contribution in [-0.2, 0) is 4.74 Å². The number of fused-ring (bicyclic) bond motifs is 1. The quantitative estimate of drug-likeness (QED) is 0.889. The Morgan fingerprint density at radius 1 is 1.32 bits per heavy atom. The molecule has 0 aromatic heterocycles. The second kappa shape index (κ2) is 7.85. The molecule has 2 amide bonds. The molecule has 5 nitrogen and oxygen atoms in total. The fraction of sp³-hybridized carbons (Fsp3) is 0.562. The number of nitrogens with zero attached hydrogens (tertiary/aromatic N) is 1. The fourth-order valence-corrected chi connectivity index (χ4v) is 3.98. The summed E-state index contributed by atoms with van der Waals surface area (Å²) in [5, 5.41) is 6.07. The zero-order chi connectivity index (χ0) is 15.2. The minimum Gasteiger partial charge on any atom is -0.379 e. The van der Waals surface area contributed by atoms with Crippen molar-refractivity contribution < 1.29 is 9.53 Å². The van der Waals surface area contributed by atoms with Gasteiger partial charge in [-0.3, -0.25) is 4.90 Å². The van der Waals surface area contributed by atoms with E-state index in [1.165, 1.54) is 10.5 Å². The van der Waals surface area contributed by atoms with Gasteiger partial charge in [-0.1, -0.05) is 18.2 Å². The summed E-state index contributed by atoms with van der Waals surface area (Å²) < 4.78 is 5.32. The summed E-state index contributed by atoms with van der Waals surface area (Å²) in [5.74, 6) is 1.05. The fourth-order valence-electron chi connectivity index (χ4n) is 2.85. The van der Waals surface area contributed by atoms with Crippen molar-refractivity contribution in [2.75, 3.05) is 45.1 Å². The van der Waals surface area contributed by atoms with E-state index in [1.54, 1.807) is 0 Å². The molecule has 120 valence electrons. The summed E-state index contributed by atoms with van der Waals surface area (Å²) in [7, 11) is 0. The Morgan fingerprint density at radius 2 is 2.14 bits per heavy atom. The molecular formula is C16H23N3O2S. The van der Waals surface area contributed by atoms with Crippen LogP contribution in [0.25, 0.3) is 0 Å². The highest BCUT2D eigenvalue weighted by molar-refractivity contribution is 7.99. The van der Waals surface area contributed by atoms with Crippen LogP contribution in [0.15, 0.2) is 29.2 Å². The number of amides is 2. The Morgan fingerprint density at radius 3 is 3.00 bits per heavy atom. The van der Waals surface area contributed by atoms with Crippen molar-refractivity contribution >= 4 is 17.8 Å². The standard InChI is InChI=1S/C16H23N3O2S/c20-16(17-6-7-19-8-10-21-11-9-19)18-14-5-12-22-15-4-2-1-3-13(14)15/h1-4,14H,5-12H2,(H2,17,18,20). The number of ether oxygens (including phenoxy) is 1. The zero-order valence-corrected chi connectivity index (χ0v) is 13.5. The molecule has 0 radical (unpaired) electrons. The first kappa shape index (κ1) is 15.6. The van der Waals surface area contributed by atoms with Gasteiger partial charge < -0.3 is 15.4 Å². The Bertz CT molecular complexity index is 506. The highest BCUT2D eigenvalue weighted by atomic mass is 32.2. The van der Waals surface area contributed by atoms with Gasteiger partial charge in [0.25, 0.3) is 0 Å². The van der Waals surface area contributed by atoms with Crippen molar-refractivity contribution in [3.05, 3.63) is 29.8 Å². The molecule has 2 N–H and O–H groups in total. The summed E-state index contributed by atoms with van der Waals surface area (Å²) in [5.41, 5.74) is 1.24. The van der Waals surface area contributed by atoms with Gasteiger partial charge in [0.2, 0.25) is 0 Å². The predicted octanol–water partition coefficient (Wildman–Crippen LogP) is 1.85. The first-order chi connectivity index (χ1) is 10.8. The third kappa shape index (κ3) is 4.15. The van der Waals surface area contributed by atoms with E-state index in [1.807, 2.05) is 17.8 Å². The molecule has 1 saturated heterocycles. The lowest BCUT2D eigenvalue weighted by Gasteiger charge is -2.27. The highest BCUT2D eigenvalue weighted by Gasteiger charge is 2.21. The Labute approximate surface area is 135 Å². The molecule has 2 heterocycles. The number of benzene rings is 1. The lowest BCUT2D eigenvalue weighted by Crippen LogP contribution is -2.44. The van der Waals surface area contributed by atoms with Gasteiger partial charge in [0, 0.05) is 36.8 Å². The molecule has 1 unspecified atom stereocenters. The van der Waals surface area contributed by atoms with Gasteiger partial charge in [0.05, 0.1) is 19.3 Å². The van der Waals surface area contributed by atoms with E-state index in [-0.39, 0.29) is 12.1 Å². The van der Waals surface area contributed by atoms with Gasteiger partial charge in [-0.2, -0.15) is 0 Å². The van der Waals surface area contributed by atoms with Crippen molar-refractivity contribution in [1.82, 2.24) is 15.5 Å². The van der Waals surface area contributed by atoms with Crippen molar-refractivity contribution in [1.29, 1.82) is 0 Å². The van der Waals surface area contributed by atoms with Crippen molar-refractivity contribution in [3.63, 3.8) is 0 Å². The molecule has 2 aliphatic rings. The summed E-state index contributed by atoms with van der Waals surface area (Å²) in [6.07, 6.45) is 0.985. The summed E-state index contributed by atoms with van der Waals surface area (Å²) in [6.45, 7) is 5.06. The third-order valence-corrected chi connectivity index (χ3v) is 5.20. The molecule has 22 heavy (non-hydrogen) atoms. The highest BCUT2D eigenvalue weighted by Crippen LogP contribution is 2.35. The Hall–Kier alpha value is -1.24. The van der Waals surface area contributed by atoms with Gasteiger partial charge in [0.15, 0.2) is 0 Å². The number of nitrogens with one attached hydrogen (secondary N) is 2. The average molecular weight is 321 g/mol. The van der Waals surface area contributed by atoms with E-state index < -0.39 is 0 Å². The van der Waals surface area contributed by atoms with E-state index >= 15 is 0 Å². The van der Waals surface area contributed by atoms with Crippen molar-refractivity contribution in [2.24, 2.45) is 0 Å². The molecule has 6 heteroatoms. The second-order valence-corrected chi connectivity index (χ2v) is 6.72. The number of carbonyl (C=O) groups excluding carboxylic acids is 1. The van der Waals surface area contributed by atoms with Crippen LogP contribution in [0.4, 0.5) is 4.79 Å². The maximum atomic E-state index is 12.1. The van der Waals surface area contributed by atoms with Gasteiger partial charge in [-0.15, -0.1) is 11.8 Å². The van der Waals surface area contributed by atoms with Gasteiger partial charge in [-0.25, -0.2) is 4.79 Å². The van der Waals surface area contributed by atoms with E-state index in [4.69, 9.17) is 4.74 Å². The van der Waals surface area contributed by atoms with E-state index in [9.17, 15) is 4.79 Å². The number of hydrogen-bond donors (Lipinski definition) is 2. The number of rotatable bonds is 4. The van der Waals surface area contributed by atoms with Crippen LogP contribution >= 0.6 is 11.8 Å². The molecule has 0 bridgehead atoms. The second-order valence-electron chi connectivity index (χ2n) is 5.58. The minimum absolute atomic E-state index is 0.0695. The zero-order valence-electron chi connectivity index (χ0n) is 12.7. The van der Waals surface area contributed by atoms with E-state index in [2.05, 4.69) is 33.7 Å². The van der Waals surface area contributed by atoms with Crippen molar-refractivity contribution in [2.45, 2.75) is 17.4 Å². The molecular weight excluding hydrogens is 298 g/mol.